The predicted octanol–water partition coefficient (Wildman–Crippen LogP) is 4.67. The number of aromatic nitrogens is 3. The molecule has 0 bridgehead atoms. The third kappa shape index (κ3) is 3.20. The summed E-state index contributed by atoms with van der Waals surface area (Å²) in [5.41, 5.74) is 5.29. The van der Waals surface area contributed by atoms with Gasteiger partial charge < -0.3 is 9.88 Å². The van der Waals surface area contributed by atoms with Crippen LogP contribution in [0.1, 0.15) is 17.7 Å². The first kappa shape index (κ1) is 17.1. The predicted molar refractivity (Wildman–Crippen MR) is 112 cm³/mol. The summed E-state index contributed by atoms with van der Waals surface area (Å²) in [6, 6.07) is 14.3. The zero-order valence-corrected chi connectivity index (χ0v) is 16.4. The molecule has 2 aromatic heterocycles. The summed E-state index contributed by atoms with van der Waals surface area (Å²) in [4.78, 5) is 21.5. The summed E-state index contributed by atoms with van der Waals surface area (Å²) >= 11 is 1.69. The molecule has 1 amide bonds. The van der Waals surface area contributed by atoms with Gasteiger partial charge in [-0.25, -0.2) is 9.97 Å². The number of fused-ring (bicyclic) bond motifs is 2. The highest BCUT2D eigenvalue weighted by molar-refractivity contribution is 7.21. The maximum absolute atomic E-state index is 12.7. The standard InChI is InChI=1S/C22H20N4OS/c1-14-2-7-19-20(10-14)28-22(25-19)15-3-5-17(6-4-15)24-21(27)16-8-9-26-13-23-12-18(26)11-16/h2-7,10,12-13,16H,8-9,11H2,1H3,(H,24,27). The molecule has 1 atom stereocenters. The quantitative estimate of drug-likeness (QED) is 0.555. The van der Waals surface area contributed by atoms with Gasteiger partial charge in [-0.1, -0.05) is 6.07 Å². The van der Waals surface area contributed by atoms with Crippen LogP contribution in [-0.2, 0) is 17.8 Å². The minimum atomic E-state index is -0.00335. The lowest BCUT2D eigenvalue weighted by atomic mass is 9.95. The van der Waals surface area contributed by atoms with E-state index in [9.17, 15) is 4.79 Å². The zero-order chi connectivity index (χ0) is 19.1. The van der Waals surface area contributed by atoms with Crippen LogP contribution in [0.25, 0.3) is 20.8 Å². The van der Waals surface area contributed by atoms with Crippen molar-refractivity contribution < 1.29 is 4.79 Å². The largest absolute Gasteiger partial charge is 0.335 e. The first-order chi connectivity index (χ1) is 13.7. The molecule has 0 spiro atoms. The summed E-state index contributed by atoms with van der Waals surface area (Å²) in [6.45, 7) is 2.94. The maximum atomic E-state index is 12.7. The molecule has 0 aliphatic carbocycles. The first-order valence-corrected chi connectivity index (χ1v) is 10.2. The molecule has 1 N–H and O–H groups in total. The molecular formula is C22H20N4OS. The number of carbonyl (C=O) groups is 1. The molecule has 5 nitrogen and oxygen atoms in total. The molecule has 1 aliphatic heterocycles. The number of benzene rings is 2. The van der Waals surface area contributed by atoms with Gasteiger partial charge in [-0.2, -0.15) is 0 Å². The van der Waals surface area contributed by atoms with Crippen LogP contribution in [0, 0.1) is 12.8 Å². The van der Waals surface area contributed by atoms with Gasteiger partial charge >= 0.3 is 0 Å². The number of aryl methyl sites for hydroxylation is 2. The summed E-state index contributed by atoms with van der Waals surface area (Å²) in [6.07, 6.45) is 5.28. The molecule has 0 saturated heterocycles. The maximum Gasteiger partial charge on any atom is 0.227 e. The monoisotopic (exact) mass is 388 g/mol. The topological polar surface area (TPSA) is 59.8 Å². The number of amides is 1. The van der Waals surface area contributed by atoms with E-state index in [4.69, 9.17) is 4.98 Å². The van der Waals surface area contributed by atoms with Crippen molar-refractivity contribution in [2.75, 3.05) is 5.32 Å². The number of hydrogen-bond donors (Lipinski definition) is 1. The summed E-state index contributed by atoms with van der Waals surface area (Å²) in [5.74, 6) is 0.0760. The van der Waals surface area contributed by atoms with Gasteiger partial charge in [-0.15, -0.1) is 11.3 Å². The summed E-state index contributed by atoms with van der Waals surface area (Å²) < 4.78 is 3.32. The molecule has 0 radical (unpaired) electrons. The van der Waals surface area contributed by atoms with E-state index in [-0.39, 0.29) is 11.8 Å². The van der Waals surface area contributed by atoms with Gasteiger partial charge in [0.1, 0.15) is 5.01 Å². The summed E-state index contributed by atoms with van der Waals surface area (Å²) in [5, 5.41) is 4.06. The van der Waals surface area contributed by atoms with Crippen LogP contribution in [0.4, 0.5) is 5.69 Å². The smallest absolute Gasteiger partial charge is 0.227 e. The molecule has 0 saturated carbocycles. The van der Waals surface area contributed by atoms with E-state index in [0.717, 1.165) is 46.9 Å². The van der Waals surface area contributed by atoms with Gasteiger partial charge in [-0.05, 0) is 55.3 Å². The van der Waals surface area contributed by atoms with Crippen molar-refractivity contribution in [2.24, 2.45) is 5.92 Å². The number of rotatable bonds is 3. The average Bonchev–Trinajstić information content (AvgIpc) is 3.34. The Morgan fingerprint density at radius 1 is 1.21 bits per heavy atom. The molecule has 4 aromatic rings. The van der Waals surface area contributed by atoms with Crippen molar-refractivity contribution in [3.8, 4) is 10.6 Å². The average molecular weight is 388 g/mol. The number of nitrogens with zero attached hydrogens (tertiary/aromatic N) is 3. The molecule has 1 unspecified atom stereocenters. The highest BCUT2D eigenvalue weighted by Gasteiger charge is 2.24. The van der Waals surface area contributed by atoms with Crippen molar-refractivity contribution in [3.05, 3.63) is 66.2 Å². The second-order valence-electron chi connectivity index (χ2n) is 7.32. The molecule has 3 heterocycles. The Kier molecular flexibility index (Phi) is 4.20. The number of nitrogens with one attached hydrogen (secondary N) is 1. The Morgan fingerprint density at radius 2 is 2.07 bits per heavy atom. The van der Waals surface area contributed by atoms with Crippen molar-refractivity contribution in [1.29, 1.82) is 0 Å². The van der Waals surface area contributed by atoms with E-state index in [0.29, 0.717) is 0 Å². The highest BCUT2D eigenvalue weighted by Crippen LogP contribution is 2.31. The van der Waals surface area contributed by atoms with Crippen LogP contribution in [0.2, 0.25) is 0 Å². The Hall–Kier alpha value is -2.99. The third-order valence-corrected chi connectivity index (χ3v) is 6.35. The molecule has 1 aliphatic rings. The molecule has 0 fully saturated rings. The minimum absolute atomic E-state index is 0.00335. The molecule has 28 heavy (non-hydrogen) atoms. The minimum Gasteiger partial charge on any atom is -0.335 e. The Bertz CT molecular complexity index is 1160. The van der Waals surface area contributed by atoms with E-state index < -0.39 is 0 Å². The van der Waals surface area contributed by atoms with E-state index in [1.807, 2.05) is 36.8 Å². The van der Waals surface area contributed by atoms with Gasteiger partial charge in [0.25, 0.3) is 0 Å². The first-order valence-electron chi connectivity index (χ1n) is 9.43. The van der Waals surface area contributed by atoms with Crippen molar-refractivity contribution in [1.82, 2.24) is 14.5 Å². The Balaban J connectivity index is 1.30. The Morgan fingerprint density at radius 3 is 2.93 bits per heavy atom. The van der Waals surface area contributed by atoms with Crippen LogP contribution >= 0.6 is 11.3 Å². The number of anilines is 1. The second kappa shape index (κ2) is 6.87. The lowest BCUT2D eigenvalue weighted by Gasteiger charge is -2.23. The van der Waals surface area contributed by atoms with Gasteiger partial charge in [0, 0.05) is 42.0 Å². The van der Waals surface area contributed by atoms with Gasteiger partial charge in [0.05, 0.1) is 16.5 Å². The number of thiazole rings is 1. The third-order valence-electron chi connectivity index (χ3n) is 5.29. The highest BCUT2D eigenvalue weighted by atomic mass is 32.1. The summed E-state index contributed by atoms with van der Waals surface area (Å²) in [7, 11) is 0. The molecular weight excluding hydrogens is 368 g/mol. The van der Waals surface area contributed by atoms with E-state index in [2.05, 4.69) is 40.0 Å². The van der Waals surface area contributed by atoms with E-state index in [1.54, 1.807) is 11.3 Å². The Labute approximate surface area is 167 Å². The molecule has 2 aromatic carbocycles. The van der Waals surface area contributed by atoms with Crippen LogP contribution < -0.4 is 5.32 Å². The SMILES string of the molecule is Cc1ccc2nc(-c3ccc(NC(=O)C4CCn5cncc5C4)cc3)sc2c1. The van der Waals surface area contributed by atoms with Crippen molar-refractivity contribution >= 4 is 33.1 Å². The molecule has 6 heteroatoms. The normalized spacial score (nSPS) is 16.1. The van der Waals surface area contributed by atoms with E-state index in [1.165, 1.54) is 10.3 Å². The van der Waals surface area contributed by atoms with Crippen LogP contribution in [0.15, 0.2) is 55.0 Å². The number of imidazole rings is 1. The lowest BCUT2D eigenvalue weighted by Crippen LogP contribution is -2.29. The lowest BCUT2D eigenvalue weighted by molar-refractivity contribution is -0.120. The van der Waals surface area contributed by atoms with Crippen LogP contribution in [0.3, 0.4) is 0 Å². The van der Waals surface area contributed by atoms with Crippen molar-refractivity contribution in [2.45, 2.75) is 26.3 Å². The second-order valence-corrected chi connectivity index (χ2v) is 8.36. The van der Waals surface area contributed by atoms with Gasteiger partial charge in [0.15, 0.2) is 0 Å². The number of hydrogen-bond acceptors (Lipinski definition) is 4. The van der Waals surface area contributed by atoms with Crippen LogP contribution in [0.5, 0.6) is 0 Å². The van der Waals surface area contributed by atoms with Gasteiger partial charge in [-0.3, -0.25) is 4.79 Å². The number of carbonyl (C=O) groups excluding carboxylic acids is 1. The zero-order valence-electron chi connectivity index (χ0n) is 15.6. The fourth-order valence-electron chi connectivity index (χ4n) is 3.69. The van der Waals surface area contributed by atoms with Crippen molar-refractivity contribution in [3.63, 3.8) is 0 Å². The fraction of sp³-hybridized carbons (Fsp3) is 0.227. The molecule has 140 valence electrons. The van der Waals surface area contributed by atoms with Gasteiger partial charge in [0.2, 0.25) is 5.91 Å². The van der Waals surface area contributed by atoms with E-state index >= 15 is 0 Å². The fourth-order valence-corrected chi connectivity index (χ4v) is 4.76. The van der Waals surface area contributed by atoms with Crippen LogP contribution in [-0.4, -0.2) is 20.4 Å². The molecule has 5 rings (SSSR count).